The van der Waals surface area contributed by atoms with Gasteiger partial charge in [-0.1, -0.05) is 13.3 Å². The van der Waals surface area contributed by atoms with Crippen LogP contribution >= 0.6 is 0 Å². The molecule has 0 spiro atoms. The van der Waals surface area contributed by atoms with Crippen molar-refractivity contribution in [3.63, 3.8) is 0 Å². The SMILES string of the molecule is CC12CC1(N1CCCCC1)C2. The lowest BCUT2D eigenvalue weighted by atomic mass is 10.1. The molecule has 0 atom stereocenters. The van der Waals surface area contributed by atoms with Crippen molar-refractivity contribution in [1.29, 1.82) is 0 Å². The summed E-state index contributed by atoms with van der Waals surface area (Å²) in [6.45, 7) is 5.26. The smallest absolute Gasteiger partial charge is 0.0276 e. The second kappa shape index (κ2) is 1.66. The van der Waals surface area contributed by atoms with Gasteiger partial charge < -0.3 is 0 Å². The zero-order valence-corrected chi connectivity index (χ0v) is 7.40. The van der Waals surface area contributed by atoms with E-state index < -0.39 is 0 Å². The van der Waals surface area contributed by atoms with Gasteiger partial charge >= 0.3 is 0 Å². The summed E-state index contributed by atoms with van der Waals surface area (Å²) in [5.74, 6) is 0. The Morgan fingerprint density at radius 3 is 2.00 bits per heavy atom. The first-order valence-corrected chi connectivity index (χ1v) is 5.02. The molecule has 0 radical (unpaired) electrons. The topological polar surface area (TPSA) is 3.24 Å². The third-order valence-corrected chi connectivity index (χ3v) is 4.20. The zero-order valence-electron chi connectivity index (χ0n) is 7.40. The second-order valence-corrected chi connectivity index (χ2v) is 4.99. The lowest BCUT2D eigenvalue weighted by Gasteiger charge is -2.29. The summed E-state index contributed by atoms with van der Waals surface area (Å²) in [6, 6.07) is 0. The zero-order chi connectivity index (χ0) is 7.53. The first kappa shape index (κ1) is 6.47. The van der Waals surface area contributed by atoms with Crippen molar-refractivity contribution in [2.75, 3.05) is 13.1 Å². The highest BCUT2D eigenvalue weighted by Crippen LogP contribution is 2.81. The molecule has 0 amide bonds. The van der Waals surface area contributed by atoms with E-state index in [1.54, 1.807) is 0 Å². The maximum atomic E-state index is 2.77. The largest absolute Gasteiger partial charge is 0.297 e. The molecule has 1 saturated heterocycles. The van der Waals surface area contributed by atoms with Gasteiger partial charge in [-0.05, 0) is 44.2 Å². The van der Waals surface area contributed by atoms with Crippen molar-refractivity contribution in [2.24, 2.45) is 5.41 Å². The molecule has 0 N–H and O–H groups in total. The van der Waals surface area contributed by atoms with Crippen molar-refractivity contribution < 1.29 is 0 Å². The Labute approximate surface area is 68.8 Å². The van der Waals surface area contributed by atoms with Crippen LogP contribution in [0.25, 0.3) is 0 Å². The fraction of sp³-hybridized carbons (Fsp3) is 1.00. The van der Waals surface area contributed by atoms with Crippen LogP contribution in [0.2, 0.25) is 0 Å². The fourth-order valence-electron chi connectivity index (χ4n) is 3.08. The first-order chi connectivity index (χ1) is 5.27. The Morgan fingerprint density at radius 1 is 1.00 bits per heavy atom. The number of hydrogen-bond acceptors (Lipinski definition) is 1. The van der Waals surface area contributed by atoms with Gasteiger partial charge in [0.2, 0.25) is 0 Å². The molecule has 0 aromatic carbocycles. The number of piperidine rings is 1. The van der Waals surface area contributed by atoms with Crippen molar-refractivity contribution >= 4 is 0 Å². The minimum atomic E-state index is 0.757. The first-order valence-electron chi connectivity index (χ1n) is 5.02. The van der Waals surface area contributed by atoms with Crippen LogP contribution < -0.4 is 0 Å². The van der Waals surface area contributed by atoms with Crippen molar-refractivity contribution in [3.05, 3.63) is 0 Å². The minimum absolute atomic E-state index is 0.757. The van der Waals surface area contributed by atoms with Crippen LogP contribution in [0.4, 0.5) is 0 Å². The van der Waals surface area contributed by atoms with Gasteiger partial charge in [-0.2, -0.15) is 0 Å². The molecule has 1 heterocycles. The summed E-state index contributed by atoms with van der Waals surface area (Å²) in [7, 11) is 0. The molecule has 0 aromatic heterocycles. The van der Waals surface area contributed by atoms with Gasteiger partial charge in [0.1, 0.15) is 0 Å². The molecular weight excluding hydrogens is 134 g/mol. The molecule has 1 aliphatic heterocycles. The van der Waals surface area contributed by atoms with Gasteiger partial charge in [-0.3, -0.25) is 4.90 Å². The molecule has 11 heavy (non-hydrogen) atoms. The molecule has 3 aliphatic rings. The lowest BCUT2D eigenvalue weighted by Crippen LogP contribution is -2.36. The molecule has 0 aromatic rings. The lowest BCUT2D eigenvalue weighted by molar-refractivity contribution is 0.182. The van der Waals surface area contributed by atoms with Gasteiger partial charge in [-0.25, -0.2) is 0 Å². The maximum Gasteiger partial charge on any atom is 0.0276 e. The van der Waals surface area contributed by atoms with Gasteiger partial charge in [-0.15, -0.1) is 0 Å². The normalized spacial score (nSPS) is 55.4. The van der Waals surface area contributed by atoms with E-state index in [0.717, 1.165) is 11.0 Å². The van der Waals surface area contributed by atoms with Gasteiger partial charge in [0.05, 0.1) is 0 Å². The summed E-state index contributed by atoms with van der Waals surface area (Å²) in [5.41, 5.74) is 1.55. The van der Waals surface area contributed by atoms with Crippen LogP contribution in [-0.2, 0) is 0 Å². The highest BCUT2D eigenvalue weighted by atomic mass is 15.3. The number of nitrogens with zero attached hydrogens (tertiary/aromatic N) is 1. The molecule has 1 heteroatoms. The molecule has 3 rings (SSSR count). The molecule has 2 saturated carbocycles. The number of fused-ring (bicyclic) bond motifs is 1. The Hall–Kier alpha value is -0.0400. The van der Waals surface area contributed by atoms with Crippen LogP contribution in [0.15, 0.2) is 0 Å². The van der Waals surface area contributed by atoms with E-state index in [1.165, 1.54) is 45.2 Å². The summed E-state index contributed by atoms with van der Waals surface area (Å²) < 4.78 is 0. The third kappa shape index (κ3) is 0.658. The molecule has 62 valence electrons. The van der Waals surface area contributed by atoms with Crippen molar-refractivity contribution in [3.8, 4) is 0 Å². The van der Waals surface area contributed by atoms with E-state index in [1.807, 2.05) is 0 Å². The molecule has 0 unspecified atom stereocenters. The molecule has 0 bridgehead atoms. The average molecular weight is 151 g/mol. The van der Waals surface area contributed by atoms with Crippen LogP contribution in [0, 0.1) is 5.41 Å². The fourth-order valence-corrected chi connectivity index (χ4v) is 3.08. The van der Waals surface area contributed by atoms with Gasteiger partial charge in [0, 0.05) is 5.54 Å². The van der Waals surface area contributed by atoms with Crippen molar-refractivity contribution in [1.82, 2.24) is 4.90 Å². The van der Waals surface area contributed by atoms with E-state index in [2.05, 4.69) is 11.8 Å². The summed E-state index contributed by atoms with van der Waals surface area (Å²) in [4.78, 5) is 2.77. The molecule has 2 aliphatic carbocycles. The van der Waals surface area contributed by atoms with Gasteiger partial charge in [0.15, 0.2) is 0 Å². The van der Waals surface area contributed by atoms with E-state index in [-0.39, 0.29) is 0 Å². The van der Waals surface area contributed by atoms with Gasteiger partial charge in [0.25, 0.3) is 0 Å². The van der Waals surface area contributed by atoms with Crippen LogP contribution in [-0.4, -0.2) is 23.5 Å². The van der Waals surface area contributed by atoms with E-state index >= 15 is 0 Å². The third-order valence-electron chi connectivity index (χ3n) is 4.20. The quantitative estimate of drug-likeness (QED) is 0.554. The summed E-state index contributed by atoms with van der Waals surface area (Å²) in [5, 5.41) is 0. The van der Waals surface area contributed by atoms with Crippen LogP contribution in [0.1, 0.15) is 39.0 Å². The predicted octanol–water partition coefficient (Wildman–Crippen LogP) is 2.02. The Balaban J connectivity index is 1.71. The highest BCUT2D eigenvalue weighted by molar-refractivity contribution is 5.36. The average Bonchev–Trinajstić information content (AvgIpc) is 2.76. The van der Waals surface area contributed by atoms with E-state index in [4.69, 9.17) is 0 Å². The van der Waals surface area contributed by atoms with Crippen LogP contribution in [0.5, 0.6) is 0 Å². The molecular formula is C10H17N. The summed E-state index contributed by atoms with van der Waals surface area (Å²) >= 11 is 0. The van der Waals surface area contributed by atoms with Crippen LogP contribution in [0.3, 0.4) is 0 Å². The number of hydrogen-bond donors (Lipinski definition) is 0. The molecule has 3 fully saturated rings. The minimum Gasteiger partial charge on any atom is -0.297 e. The maximum absolute atomic E-state index is 2.77. The summed E-state index contributed by atoms with van der Waals surface area (Å²) in [6.07, 6.45) is 7.42. The Kier molecular flexibility index (Phi) is 0.976. The van der Waals surface area contributed by atoms with E-state index in [9.17, 15) is 0 Å². The monoisotopic (exact) mass is 151 g/mol. The Morgan fingerprint density at radius 2 is 1.55 bits per heavy atom. The second-order valence-electron chi connectivity index (χ2n) is 4.99. The molecule has 1 nitrogen and oxygen atoms in total. The van der Waals surface area contributed by atoms with Crippen molar-refractivity contribution in [2.45, 2.75) is 44.6 Å². The standard InChI is InChI=1S/C10H17N/c1-9-7-10(9,8-9)11-5-3-2-4-6-11/h2-8H2,1H3. The number of likely N-dealkylation sites (tertiary alicyclic amines) is 1. The Bertz CT molecular complexity index is 185. The predicted molar refractivity (Wildman–Crippen MR) is 45.5 cm³/mol. The number of rotatable bonds is 1. The van der Waals surface area contributed by atoms with E-state index in [0.29, 0.717) is 0 Å². The highest BCUT2D eigenvalue weighted by Gasteiger charge is 2.82.